The van der Waals surface area contributed by atoms with Crippen LogP contribution in [0, 0.1) is 11.8 Å². The first-order chi connectivity index (χ1) is 10.7. The summed E-state index contributed by atoms with van der Waals surface area (Å²) in [5.41, 5.74) is 0.773. The first-order valence-electron chi connectivity index (χ1n) is 7.78. The number of aliphatic hydroxyl groups is 1. The Labute approximate surface area is 132 Å². The number of fused-ring (bicyclic) bond motifs is 2. The van der Waals surface area contributed by atoms with E-state index in [-0.39, 0.29) is 18.4 Å². The van der Waals surface area contributed by atoms with Crippen molar-refractivity contribution in [1.29, 1.82) is 0 Å². The van der Waals surface area contributed by atoms with Crippen molar-refractivity contribution < 1.29 is 9.90 Å². The lowest BCUT2D eigenvalue weighted by molar-refractivity contribution is -0.122. The largest absolute Gasteiger partial charge is 0.391 e. The van der Waals surface area contributed by atoms with Crippen molar-refractivity contribution in [3.63, 3.8) is 0 Å². The Balaban J connectivity index is 1.37. The third kappa shape index (κ3) is 2.64. The molecule has 0 unspecified atom stereocenters. The lowest BCUT2D eigenvalue weighted by Gasteiger charge is -2.35. The summed E-state index contributed by atoms with van der Waals surface area (Å²) in [7, 11) is 0. The number of hydrogen-bond donors (Lipinski definition) is 3. The molecule has 118 valence electrons. The van der Waals surface area contributed by atoms with E-state index >= 15 is 0 Å². The van der Waals surface area contributed by atoms with E-state index in [1.807, 2.05) is 22.2 Å². The molecule has 2 fully saturated rings. The van der Waals surface area contributed by atoms with Gasteiger partial charge in [-0.05, 0) is 37.8 Å². The lowest BCUT2D eigenvalue weighted by atomic mass is 9.77. The van der Waals surface area contributed by atoms with E-state index in [4.69, 9.17) is 0 Å². The molecule has 2 aliphatic rings. The Morgan fingerprint density at radius 1 is 1.45 bits per heavy atom. The highest BCUT2D eigenvalue weighted by atomic mass is 32.1. The van der Waals surface area contributed by atoms with Gasteiger partial charge in [0, 0.05) is 17.8 Å². The fourth-order valence-corrected chi connectivity index (χ4v) is 4.45. The van der Waals surface area contributed by atoms with Crippen LogP contribution in [-0.2, 0) is 11.2 Å². The van der Waals surface area contributed by atoms with E-state index in [9.17, 15) is 9.90 Å². The number of amides is 1. The second-order valence-electron chi connectivity index (χ2n) is 6.39. The maximum atomic E-state index is 12.2. The van der Waals surface area contributed by atoms with Gasteiger partial charge < -0.3 is 15.7 Å². The summed E-state index contributed by atoms with van der Waals surface area (Å²) in [4.78, 5) is 17.6. The fraction of sp³-hybridized carbons (Fsp3) is 0.600. The zero-order valence-corrected chi connectivity index (χ0v) is 13.1. The molecule has 22 heavy (non-hydrogen) atoms. The summed E-state index contributed by atoms with van der Waals surface area (Å²) in [5, 5.41) is 18.6. The predicted octanol–water partition coefficient (Wildman–Crippen LogP) is 0.413. The van der Waals surface area contributed by atoms with E-state index in [0.29, 0.717) is 11.8 Å². The summed E-state index contributed by atoms with van der Waals surface area (Å²) < 4.78 is 1.93. The zero-order valence-electron chi connectivity index (χ0n) is 12.2. The van der Waals surface area contributed by atoms with Crippen LogP contribution in [0.15, 0.2) is 17.8 Å². The molecule has 1 aliphatic heterocycles. The number of nitrogens with zero attached hydrogens (tertiary/aromatic N) is 2. The van der Waals surface area contributed by atoms with Gasteiger partial charge in [-0.15, -0.1) is 11.3 Å². The van der Waals surface area contributed by atoms with Gasteiger partial charge in [0.1, 0.15) is 0 Å². The van der Waals surface area contributed by atoms with Gasteiger partial charge in [0.15, 0.2) is 4.96 Å². The number of aromatic nitrogens is 2. The first-order valence-corrected chi connectivity index (χ1v) is 8.66. The summed E-state index contributed by atoms with van der Waals surface area (Å²) in [6.45, 7) is 1.99. The Morgan fingerprint density at radius 3 is 3.09 bits per heavy atom. The minimum atomic E-state index is -0.435. The van der Waals surface area contributed by atoms with Crippen molar-refractivity contribution >= 4 is 22.2 Å². The standard InChI is InChI=1S/C15H20N4O2S/c20-13-4-10-7-16-6-9(10)3-12(13)18-14(21)5-11-8-19-1-2-22-15(19)17-11/h1-2,8-10,12-13,16,20H,3-7H2,(H,18,21)/t9-,10+,12-,13-/m0/s1. The van der Waals surface area contributed by atoms with E-state index in [0.717, 1.165) is 36.6 Å². The van der Waals surface area contributed by atoms with Gasteiger partial charge in [-0.3, -0.25) is 9.20 Å². The van der Waals surface area contributed by atoms with Crippen LogP contribution in [-0.4, -0.2) is 45.6 Å². The molecular formula is C15H20N4O2S. The van der Waals surface area contributed by atoms with Crippen molar-refractivity contribution in [3.8, 4) is 0 Å². The maximum absolute atomic E-state index is 12.2. The Kier molecular flexibility index (Phi) is 3.63. The highest BCUT2D eigenvalue weighted by Crippen LogP contribution is 2.32. The monoisotopic (exact) mass is 320 g/mol. The molecule has 0 bridgehead atoms. The molecule has 3 heterocycles. The number of aliphatic hydroxyl groups excluding tert-OH is 1. The molecule has 1 aliphatic carbocycles. The van der Waals surface area contributed by atoms with Gasteiger partial charge in [-0.1, -0.05) is 0 Å². The molecule has 0 aromatic carbocycles. The number of thiazole rings is 1. The summed E-state index contributed by atoms with van der Waals surface area (Å²) in [5.74, 6) is 1.08. The van der Waals surface area contributed by atoms with Crippen LogP contribution in [0.4, 0.5) is 0 Å². The quantitative estimate of drug-likeness (QED) is 0.765. The molecule has 4 rings (SSSR count). The molecule has 1 saturated carbocycles. The molecule has 7 heteroatoms. The normalized spacial score (nSPS) is 31.3. The molecular weight excluding hydrogens is 300 g/mol. The second-order valence-corrected chi connectivity index (χ2v) is 7.27. The Hall–Kier alpha value is -1.44. The van der Waals surface area contributed by atoms with E-state index < -0.39 is 6.10 Å². The third-order valence-electron chi connectivity index (χ3n) is 4.88. The number of imidazole rings is 1. The number of carbonyl (C=O) groups excluding carboxylic acids is 1. The van der Waals surface area contributed by atoms with E-state index in [1.165, 1.54) is 0 Å². The van der Waals surface area contributed by atoms with E-state index in [1.54, 1.807) is 11.3 Å². The highest BCUT2D eigenvalue weighted by Gasteiger charge is 2.39. The Morgan fingerprint density at radius 2 is 2.27 bits per heavy atom. The minimum absolute atomic E-state index is 0.0563. The highest BCUT2D eigenvalue weighted by molar-refractivity contribution is 7.15. The molecule has 1 amide bonds. The van der Waals surface area contributed by atoms with Crippen LogP contribution < -0.4 is 10.6 Å². The van der Waals surface area contributed by atoms with Crippen LogP contribution in [0.25, 0.3) is 4.96 Å². The SMILES string of the molecule is O=C(Cc1cn2ccsc2n1)N[C@H]1C[C@H]2CNC[C@H]2C[C@@H]1O. The average molecular weight is 320 g/mol. The average Bonchev–Trinajstić information content (AvgIpc) is 3.14. The molecule has 2 aromatic rings. The minimum Gasteiger partial charge on any atom is -0.391 e. The van der Waals surface area contributed by atoms with Crippen LogP contribution in [0.3, 0.4) is 0 Å². The molecule has 0 spiro atoms. The van der Waals surface area contributed by atoms with Gasteiger partial charge in [0.2, 0.25) is 5.91 Å². The predicted molar refractivity (Wildman–Crippen MR) is 83.8 cm³/mol. The zero-order chi connectivity index (χ0) is 15.1. The summed E-state index contributed by atoms with van der Waals surface area (Å²) >= 11 is 1.55. The van der Waals surface area contributed by atoms with E-state index in [2.05, 4.69) is 15.6 Å². The first kappa shape index (κ1) is 14.2. The number of nitrogens with one attached hydrogen (secondary N) is 2. The molecule has 3 N–H and O–H groups in total. The van der Waals surface area contributed by atoms with Crippen molar-refractivity contribution in [2.45, 2.75) is 31.4 Å². The topological polar surface area (TPSA) is 78.7 Å². The van der Waals surface area contributed by atoms with Crippen molar-refractivity contribution in [2.24, 2.45) is 11.8 Å². The van der Waals surface area contributed by atoms with Crippen LogP contribution >= 0.6 is 11.3 Å². The Bertz CT molecular complexity index is 653. The number of carbonyl (C=O) groups is 1. The van der Waals surface area contributed by atoms with Gasteiger partial charge in [0.05, 0.1) is 24.3 Å². The molecule has 1 saturated heterocycles. The van der Waals surface area contributed by atoms with Gasteiger partial charge in [0.25, 0.3) is 0 Å². The maximum Gasteiger partial charge on any atom is 0.226 e. The van der Waals surface area contributed by atoms with Gasteiger partial charge in [-0.25, -0.2) is 4.98 Å². The van der Waals surface area contributed by atoms with Gasteiger partial charge >= 0.3 is 0 Å². The lowest BCUT2D eigenvalue weighted by Crippen LogP contribution is -2.49. The molecule has 6 nitrogen and oxygen atoms in total. The molecule has 0 radical (unpaired) electrons. The number of hydrogen-bond acceptors (Lipinski definition) is 5. The van der Waals surface area contributed by atoms with Gasteiger partial charge in [-0.2, -0.15) is 0 Å². The third-order valence-corrected chi connectivity index (χ3v) is 5.65. The molecule has 2 aromatic heterocycles. The molecule has 4 atom stereocenters. The summed E-state index contributed by atoms with van der Waals surface area (Å²) in [6, 6.07) is -0.127. The van der Waals surface area contributed by atoms with Crippen molar-refractivity contribution in [3.05, 3.63) is 23.5 Å². The number of rotatable bonds is 3. The smallest absolute Gasteiger partial charge is 0.226 e. The van der Waals surface area contributed by atoms with Crippen LogP contribution in [0.2, 0.25) is 0 Å². The fourth-order valence-electron chi connectivity index (χ4n) is 3.74. The second kappa shape index (κ2) is 5.64. The summed E-state index contributed by atoms with van der Waals surface area (Å²) in [6.07, 6.45) is 5.30. The van der Waals surface area contributed by atoms with Crippen LogP contribution in [0.5, 0.6) is 0 Å². The van der Waals surface area contributed by atoms with Crippen LogP contribution in [0.1, 0.15) is 18.5 Å². The van der Waals surface area contributed by atoms with Crippen molar-refractivity contribution in [1.82, 2.24) is 20.0 Å². The van der Waals surface area contributed by atoms with Crippen molar-refractivity contribution in [2.75, 3.05) is 13.1 Å².